The van der Waals surface area contributed by atoms with Gasteiger partial charge in [0.25, 0.3) is 0 Å². The second kappa shape index (κ2) is 23.5. The Bertz CT molecular complexity index is 1270. The van der Waals surface area contributed by atoms with Crippen molar-refractivity contribution in [2.75, 3.05) is 136 Å². The van der Waals surface area contributed by atoms with Crippen LogP contribution < -0.4 is 15.4 Å². The number of ether oxygens (including phenoxy) is 2. The summed E-state index contributed by atoms with van der Waals surface area (Å²) in [4.78, 5) is 68.1. The molecular formula is C34H55N7O11. The van der Waals surface area contributed by atoms with Crippen molar-refractivity contribution in [3.8, 4) is 5.75 Å². The molecule has 292 valence electrons. The number of benzene rings is 1. The number of hydrogen-bond acceptors (Lipinski definition) is 13. The number of anilines is 1. The van der Waals surface area contributed by atoms with E-state index < -0.39 is 23.9 Å². The summed E-state index contributed by atoms with van der Waals surface area (Å²) >= 11 is 0. The Morgan fingerprint density at radius 3 is 1.60 bits per heavy atom. The van der Waals surface area contributed by atoms with Gasteiger partial charge in [-0.05, 0) is 44.5 Å². The van der Waals surface area contributed by atoms with Crippen molar-refractivity contribution in [3.05, 3.63) is 23.8 Å². The molecule has 1 amide bonds. The monoisotopic (exact) mass is 737 g/mol. The van der Waals surface area contributed by atoms with Gasteiger partial charge < -0.3 is 45.4 Å². The molecule has 18 heteroatoms. The fourth-order valence-corrected chi connectivity index (χ4v) is 6.07. The van der Waals surface area contributed by atoms with Crippen LogP contribution >= 0.6 is 0 Å². The van der Waals surface area contributed by atoms with Gasteiger partial charge in [0.2, 0.25) is 5.91 Å². The van der Waals surface area contributed by atoms with Crippen LogP contribution in [0.1, 0.15) is 29.6 Å². The van der Waals surface area contributed by atoms with Gasteiger partial charge in [0.1, 0.15) is 5.75 Å². The summed E-state index contributed by atoms with van der Waals surface area (Å²) in [6, 6.07) is 4.81. The smallest absolute Gasteiger partial charge is 0.335 e. The van der Waals surface area contributed by atoms with Crippen molar-refractivity contribution >= 4 is 35.5 Å². The highest BCUT2D eigenvalue weighted by molar-refractivity contribution is 5.89. The van der Waals surface area contributed by atoms with E-state index in [4.69, 9.17) is 9.47 Å². The molecule has 2 aliphatic rings. The maximum atomic E-state index is 12.8. The molecule has 2 aliphatic heterocycles. The number of nitrogens with one attached hydrogen (secondary N) is 2. The fraction of sp³-hybridized carbons (Fsp3) is 0.676. The van der Waals surface area contributed by atoms with Gasteiger partial charge in [0, 0.05) is 83.7 Å². The van der Waals surface area contributed by atoms with E-state index >= 15 is 0 Å². The minimum absolute atomic E-state index is 0.0110. The van der Waals surface area contributed by atoms with Gasteiger partial charge in [0.05, 0.1) is 51.6 Å². The standard InChI is InChI=1S/C34H55N7O11/c42-30(23-38-9-11-39(24-31(43)44)13-15-41(26-33(47)48)16-14-40(12-10-38)25-32(45)46)36-5-19-51-18-4-35-28-20-27(34(49)50)21-29(22-28)52-17-3-8-37-6-1-2-7-37/h20-22,35H,1-19,23-26H2,(H,36,42)(H,43,44)(H,45,46)(H,47,48)(H,49,50). The molecule has 1 aromatic carbocycles. The van der Waals surface area contributed by atoms with Crippen molar-refractivity contribution in [1.29, 1.82) is 0 Å². The molecule has 2 saturated heterocycles. The van der Waals surface area contributed by atoms with Crippen molar-refractivity contribution in [2.45, 2.75) is 19.3 Å². The zero-order chi connectivity index (χ0) is 37.7. The van der Waals surface area contributed by atoms with Gasteiger partial charge in [-0.1, -0.05) is 0 Å². The zero-order valence-electron chi connectivity index (χ0n) is 29.9. The summed E-state index contributed by atoms with van der Waals surface area (Å²) in [5, 5.41) is 43.6. The number of rotatable bonds is 21. The van der Waals surface area contributed by atoms with Crippen LogP contribution in [0.5, 0.6) is 5.75 Å². The lowest BCUT2D eigenvalue weighted by molar-refractivity contribution is -0.140. The highest BCUT2D eigenvalue weighted by Crippen LogP contribution is 2.22. The van der Waals surface area contributed by atoms with Crippen LogP contribution in [0.15, 0.2) is 18.2 Å². The Morgan fingerprint density at radius 2 is 1.10 bits per heavy atom. The summed E-state index contributed by atoms with van der Waals surface area (Å²) in [5.41, 5.74) is 0.714. The van der Waals surface area contributed by atoms with Gasteiger partial charge >= 0.3 is 23.9 Å². The summed E-state index contributed by atoms with van der Waals surface area (Å²) in [7, 11) is 0. The van der Waals surface area contributed by atoms with E-state index in [2.05, 4.69) is 15.5 Å². The van der Waals surface area contributed by atoms with Crippen LogP contribution in [0.4, 0.5) is 5.69 Å². The molecule has 0 aliphatic carbocycles. The first kappa shape index (κ1) is 42.3. The molecule has 2 fully saturated rings. The van der Waals surface area contributed by atoms with E-state index in [-0.39, 0.29) is 50.8 Å². The number of carboxylic acids is 4. The highest BCUT2D eigenvalue weighted by Gasteiger charge is 2.21. The van der Waals surface area contributed by atoms with E-state index in [9.17, 15) is 44.4 Å². The molecule has 3 rings (SSSR count). The van der Waals surface area contributed by atoms with Crippen molar-refractivity contribution in [1.82, 2.24) is 29.8 Å². The Labute approximate surface area is 304 Å². The number of carbonyl (C=O) groups excluding carboxylic acids is 1. The maximum absolute atomic E-state index is 12.8. The molecule has 52 heavy (non-hydrogen) atoms. The third kappa shape index (κ3) is 17.9. The minimum atomic E-state index is -1.05. The number of amides is 1. The molecule has 2 heterocycles. The van der Waals surface area contributed by atoms with Gasteiger partial charge in [-0.25, -0.2) is 4.79 Å². The number of nitrogens with zero attached hydrogens (tertiary/aromatic N) is 5. The summed E-state index contributed by atoms with van der Waals surface area (Å²) in [6.45, 7) is 6.63. The first-order valence-electron chi connectivity index (χ1n) is 17.8. The number of hydrogen-bond donors (Lipinski definition) is 6. The molecule has 0 saturated carbocycles. The number of aliphatic carboxylic acids is 3. The lowest BCUT2D eigenvalue weighted by atomic mass is 10.2. The molecule has 6 N–H and O–H groups in total. The van der Waals surface area contributed by atoms with Crippen LogP contribution in [0.25, 0.3) is 0 Å². The zero-order valence-corrected chi connectivity index (χ0v) is 29.9. The van der Waals surface area contributed by atoms with E-state index in [1.165, 1.54) is 25.0 Å². The molecule has 18 nitrogen and oxygen atoms in total. The third-order valence-corrected chi connectivity index (χ3v) is 8.76. The summed E-state index contributed by atoms with van der Waals surface area (Å²) in [6.07, 6.45) is 3.31. The second-order valence-electron chi connectivity index (χ2n) is 13.0. The van der Waals surface area contributed by atoms with Crippen molar-refractivity contribution in [2.24, 2.45) is 0 Å². The number of likely N-dealkylation sites (tertiary alicyclic amines) is 1. The topological polar surface area (TPSA) is 225 Å². The average molecular weight is 738 g/mol. The van der Waals surface area contributed by atoms with E-state index in [1.807, 2.05) is 4.90 Å². The van der Waals surface area contributed by atoms with Crippen molar-refractivity contribution in [3.63, 3.8) is 0 Å². The normalized spacial score (nSPS) is 17.5. The molecule has 0 atom stereocenters. The first-order chi connectivity index (χ1) is 25.0. The predicted octanol–water partition coefficient (Wildman–Crippen LogP) is -0.730. The Kier molecular flexibility index (Phi) is 19.1. The summed E-state index contributed by atoms with van der Waals surface area (Å²) < 4.78 is 11.5. The van der Waals surface area contributed by atoms with Crippen LogP contribution in [0.3, 0.4) is 0 Å². The highest BCUT2D eigenvalue weighted by atomic mass is 16.5. The van der Waals surface area contributed by atoms with E-state index in [0.29, 0.717) is 83.6 Å². The lowest BCUT2D eigenvalue weighted by Crippen LogP contribution is -2.50. The lowest BCUT2D eigenvalue weighted by Gasteiger charge is -2.32. The second-order valence-corrected chi connectivity index (χ2v) is 13.0. The largest absolute Gasteiger partial charge is 0.493 e. The first-order valence-corrected chi connectivity index (χ1v) is 17.8. The van der Waals surface area contributed by atoms with Gasteiger partial charge in [0.15, 0.2) is 0 Å². The van der Waals surface area contributed by atoms with E-state index in [1.54, 1.807) is 20.8 Å². The quantitative estimate of drug-likeness (QED) is 0.0856. The Morgan fingerprint density at radius 1 is 0.596 bits per heavy atom. The van der Waals surface area contributed by atoms with Crippen molar-refractivity contribution < 1.29 is 53.9 Å². The molecule has 0 radical (unpaired) electrons. The van der Waals surface area contributed by atoms with Gasteiger partial charge in [-0.2, -0.15) is 0 Å². The minimum Gasteiger partial charge on any atom is -0.493 e. The predicted molar refractivity (Wildman–Crippen MR) is 190 cm³/mol. The van der Waals surface area contributed by atoms with Crippen LogP contribution in [-0.4, -0.2) is 206 Å². The van der Waals surface area contributed by atoms with Gasteiger partial charge in [-0.15, -0.1) is 0 Å². The van der Waals surface area contributed by atoms with Crippen LogP contribution in [-0.2, 0) is 23.9 Å². The van der Waals surface area contributed by atoms with Gasteiger partial charge in [-0.3, -0.25) is 38.8 Å². The Hall–Kier alpha value is -4.07. The molecule has 0 unspecified atom stereocenters. The SMILES string of the molecule is O=C(O)CN1CCN(CC(=O)O)CCN(CC(=O)NCCOCCNc2cc(OCCCN3CCCC3)cc(C(=O)O)c2)CCN(CC(=O)O)CC1. The third-order valence-electron chi connectivity index (χ3n) is 8.76. The van der Waals surface area contributed by atoms with Crippen LogP contribution in [0, 0.1) is 0 Å². The molecule has 0 aromatic heterocycles. The number of aromatic carboxylic acids is 1. The fourth-order valence-electron chi connectivity index (χ4n) is 6.07. The van der Waals surface area contributed by atoms with E-state index in [0.717, 1.165) is 26.1 Å². The average Bonchev–Trinajstić information content (AvgIpc) is 3.60. The molecule has 0 bridgehead atoms. The molecular weight excluding hydrogens is 682 g/mol. The number of carbonyl (C=O) groups is 5. The maximum Gasteiger partial charge on any atom is 0.335 e. The Balaban J connectivity index is 1.42. The molecule has 0 spiro atoms. The number of carboxylic acid groups (broad SMARTS) is 4. The van der Waals surface area contributed by atoms with Crippen LogP contribution in [0.2, 0.25) is 0 Å². The molecule has 1 aromatic rings. The summed E-state index contributed by atoms with van der Waals surface area (Å²) in [5.74, 6) is -3.90.